The van der Waals surface area contributed by atoms with Crippen molar-refractivity contribution in [1.29, 1.82) is 0 Å². The zero-order valence-electron chi connectivity index (χ0n) is 13.8. The zero-order chi connectivity index (χ0) is 17.7. The molecule has 2 aromatic rings. The number of carbonyl (C=O) groups is 2. The molecule has 0 aliphatic heterocycles. The molecular weight excluding hydrogens is 309 g/mol. The molecular formula is C18H20FN3O2. The molecule has 0 aliphatic carbocycles. The van der Waals surface area contributed by atoms with E-state index in [-0.39, 0.29) is 17.3 Å². The molecule has 3 N–H and O–H groups in total. The zero-order valence-corrected chi connectivity index (χ0v) is 13.8. The maximum Gasteiger partial charge on any atom is 0.319 e. The minimum Gasteiger partial charge on any atom is -0.336 e. The Balaban J connectivity index is 2.19. The maximum atomic E-state index is 13.9. The van der Waals surface area contributed by atoms with Gasteiger partial charge >= 0.3 is 6.03 Å². The molecule has 0 aliphatic rings. The van der Waals surface area contributed by atoms with E-state index >= 15 is 0 Å². The molecule has 0 saturated carbocycles. The van der Waals surface area contributed by atoms with E-state index in [1.54, 1.807) is 37.3 Å². The Morgan fingerprint density at radius 1 is 1.00 bits per heavy atom. The lowest BCUT2D eigenvalue weighted by Crippen LogP contribution is -2.34. The average molecular weight is 329 g/mol. The molecule has 24 heavy (non-hydrogen) atoms. The fraction of sp³-hybridized carbons (Fsp3) is 0.222. The Labute approximate surface area is 140 Å². The Bertz CT molecular complexity index is 760. The van der Waals surface area contributed by atoms with Crippen LogP contribution in [0.3, 0.4) is 0 Å². The van der Waals surface area contributed by atoms with Crippen molar-refractivity contribution < 1.29 is 14.0 Å². The number of benzene rings is 2. The van der Waals surface area contributed by atoms with Crippen LogP contribution in [-0.4, -0.2) is 18.0 Å². The largest absolute Gasteiger partial charge is 0.336 e. The highest BCUT2D eigenvalue weighted by molar-refractivity contribution is 6.10. The molecule has 0 radical (unpaired) electrons. The predicted octanol–water partition coefficient (Wildman–Crippen LogP) is 3.92. The van der Waals surface area contributed by atoms with Gasteiger partial charge in [-0.1, -0.05) is 18.2 Å². The molecule has 126 valence electrons. The van der Waals surface area contributed by atoms with Crippen LogP contribution in [0.15, 0.2) is 42.5 Å². The molecule has 0 heterocycles. The first kappa shape index (κ1) is 17.5. The lowest BCUT2D eigenvalue weighted by atomic mass is 10.1. The van der Waals surface area contributed by atoms with Gasteiger partial charge in [0, 0.05) is 6.04 Å². The third-order valence-corrected chi connectivity index (χ3v) is 3.21. The maximum absolute atomic E-state index is 13.9. The van der Waals surface area contributed by atoms with Crippen molar-refractivity contribution >= 4 is 23.3 Å². The number of anilines is 2. The second-order valence-electron chi connectivity index (χ2n) is 5.74. The molecule has 3 amide bonds. The summed E-state index contributed by atoms with van der Waals surface area (Å²) in [6.45, 7) is 5.43. The topological polar surface area (TPSA) is 70.2 Å². The highest BCUT2D eigenvalue weighted by Gasteiger charge is 2.15. The summed E-state index contributed by atoms with van der Waals surface area (Å²) in [7, 11) is 0. The number of amides is 3. The molecule has 6 heteroatoms. The third-order valence-electron chi connectivity index (χ3n) is 3.21. The first-order valence-electron chi connectivity index (χ1n) is 7.61. The van der Waals surface area contributed by atoms with Crippen molar-refractivity contribution in [2.75, 3.05) is 10.6 Å². The van der Waals surface area contributed by atoms with Gasteiger partial charge in [-0.05, 0) is 50.6 Å². The van der Waals surface area contributed by atoms with E-state index in [4.69, 9.17) is 0 Å². The number of urea groups is 1. The SMILES string of the molecule is Cc1ccc(NC(=O)c2ccccc2NC(=O)NC(C)C)c(F)c1. The highest BCUT2D eigenvalue weighted by atomic mass is 19.1. The van der Waals surface area contributed by atoms with Gasteiger partial charge < -0.3 is 16.0 Å². The van der Waals surface area contributed by atoms with Crippen molar-refractivity contribution in [2.45, 2.75) is 26.8 Å². The van der Waals surface area contributed by atoms with Crippen molar-refractivity contribution in [3.8, 4) is 0 Å². The number of carbonyl (C=O) groups excluding carboxylic acids is 2. The van der Waals surface area contributed by atoms with Crippen LogP contribution in [0, 0.1) is 12.7 Å². The first-order chi connectivity index (χ1) is 11.4. The van der Waals surface area contributed by atoms with Crippen LogP contribution in [0.25, 0.3) is 0 Å². The lowest BCUT2D eigenvalue weighted by Gasteiger charge is -2.14. The number of hydrogen-bond donors (Lipinski definition) is 3. The second kappa shape index (κ2) is 7.59. The molecule has 0 fully saturated rings. The molecule has 0 saturated heterocycles. The van der Waals surface area contributed by atoms with Crippen molar-refractivity contribution in [1.82, 2.24) is 5.32 Å². The normalized spacial score (nSPS) is 10.4. The predicted molar refractivity (Wildman–Crippen MR) is 92.8 cm³/mol. The number of nitrogens with one attached hydrogen (secondary N) is 3. The molecule has 2 rings (SSSR count). The van der Waals surface area contributed by atoms with Crippen LogP contribution in [0.5, 0.6) is 0 Å². The molecule has 0 unspecified atom stereocenters. The summed E-state index contributed by atoms with van der Waals surface area (Å²) in [5.74, 6) is -1.01. The van der Waals surface area contributed by atoms with Gasteiger partial charge in [0.05, 0.1) is 16.9 Å². The monoisotopic (exact) mass is 329 g/mol. The number of halogens is 1. The van der Waals surface area contributed by atoms with Crippen LogP contribution in [0.2, 0.25) is 0 Å². The van der Waals surface area contributed by atoms with E-state index < -0.39 is 17.8 Å². The Morgan fingerprint density at radius 3 is 2.38 bits per heavy atom. The molecule has 0 aromatic heterocycles. The number of aryl methyl sites for hydroxylation is 1. The summed E-state index contributed by atoms with van der Waals surface area (Å²) in [5, 5.41) is 7.83. The van der Waals surface area contributed by atoms with Crippen molar-refractivity contribution in [3.63, 3.8) is 0 Å². The summed E-state index contributed by atoms with van der Waals surface area (Å²) in [6.07, 6.45) is 0. The minimum absolute atomic E-state index is 0.0346. The third kappa shape index (κ3) is 4.55. The number of rotatable bonds is 4. The molecule has 0 bridgehead atoms. The average Bonchev–Trinajstić information content (AvgIpc) is 2.49. The smallest absolute Gasteiger partial charge is 0.319 e. The quantitative estimate of drug-likeness (QED) is 0.796. The summed E-state index contributed by atoms with van der Waals surface area (Å²) >= 11 is 0. The van der Waals surface area contributed by atoms with Crippen molar-refractivity contribution in [2.24, 2.45) is 0 Å². The van der Waals surface area contributed by atoms with E-state index in [1.807, 2.05) is 13.8 Å². The molecule has 5 nitrogen and oxygen atoms in total. The second-order valence-corrected chi connectivity index (χ2v) is 5.74. The van der Waals surface area contributed by atoms with E-state index in [9.17, 15) is 14.0 Å². The lowest BCUT2D eigenvalue weighted by molar-refractivity contribution is 0.102. The molecule has 0 spiro atoms. The van der Waals surface area contributed by atoms with Crippen LogP contribution in [0.4, 0.5) is 20.6 Å². The minimum atomic E-state index is -0.508. The first-order valence-corrected chi connectivity index (χ1v) is 7.61. The fourth-order valence-corrected chi connectivity index (χ4v) is 2.12. The van der Waals surface area contributed by atoms with Crippen molar-refractivity contribution in [3.05, 3.63) is 59.4 Å². The van der Waals surface area contributed by atoms with Gasteiger partial charge in [0.2, 0.25) is 0 Å². The van der Waals surface area contributed by atoms with Crippen LogP contribution in [0.1, 0.15) is 29.8 Å². The number of hydrogen-bond acceptors (Lipinski definition) is 2. The van der Waals surface area contributed by atoms with Gasteiger partial charge in [-0.3, -0.25) is 4.79 Å². The van der Waals surface area contributed by atoms with E-state index in [1.165, 1.54) is 12.1 Å². The molecule has 0 atom stereocenters. The summed E-state index contributed by atoms with van der Waals surface area (Å²) in [6, 6.07) is 10.7. The van der Waals surface area contributed by atoms with E-state index in [0.717, 1.165) is 5.56 Å². The summed E-state index contributed by atoms with van der Waals surface area (Å²) in [4.78, 5) is 24.3. The fourth-order valence-electron chi connectivity index (χ4n) is 2.12. The number of para-hydroxylation sites is 1. The van der Waals surface area contributed by atoms with Gasteiger partial charge in [0.25, 0.3) is 5.91 Å². The van der Waals surface area contributed by atoms with Crippen LogP contribution < -0.4 is 16.0 Å². The van der Waals surface area contributed by atoms with Gasteiger partial charge in [-0.25, -0.2) is 9.18 Å². The Morgan fingerprint density at radius 2 is 1.71 bits per heavy atom. The summed E-state index contributed by atoms with van der Waals surface area (Å²) < 4.78 is 13.9. The van der Waals surface area contributed by atoms with E-state index in [0.29, 0.717) is 5.69 Å². The molecule has 2 aromatic carbocycles. The van der Waals surface area contributed by atoms with E-state index in [2.05, 4.69) is 16.0 Å². The van der Waals surface area contributed by atoms with Gasteiger partial charge in [-0.2, -0.15) is 0 Å². The Kier molecular flexibility index (Phi) is 5.52. The van der Waals surface area contributed by atoms with Crippen LogP contribution in [-0.2, 0) is 0 Å². The Hall–Kier alpha value is -2.89. The van der Waals surface area contributed by atoms with Crippen LogP contribution >= 0.6 is 0 Å². The summed E-state index contributed by atoms with van der Waals surface area (Å²) in [5.41, 5.74) is 1.45. The highest BCUT2D eigenvalue weighted by Crippen LogP contribution is 2.20. The van der Waals surface area contributed by atoms with Gasteiger partial charge in [-0.15, -0.1) is 0 Å². The standard InChI is InChI=1S/C18H20FN3O2/c1-11(2)20-18(24)22-15-7-5-4-6-13(15)17(23)21-16-9-8-12(3)10-14(16)19/h4-11H,1-3H3,(H,21,23)(H2,20,22,24). The van der Waals surface area contributed by atoms with Gasteiger partial charge in [0.1, 0.15) is 5.82 Å². The van der Waals surface area contributed by atoms with Gasteiger partial charge in [0.15, 0.2) is 0 Å².